The first kappa shape index (κ1) is 24.3. The highest BCUT2D eigenvalue weighted by atomic mass is 32.2. The van der Waals surface area contributed by atoms with Gasteiger partial charge in [0.1, 0.15) is 0 Å². The van der Waals surface area contributed by atoms with Crippen molar-refractivity contribution in [3.05, 3.63) is 23.9 Å². The van der Waals surface area contributed by atoms with E-state index in [1.165, 1.54) is 18.3 Å². The maximum Gasteiger partial charge on any atom is 0.393 e. The highest BCUT2D eigenvalue weighted by molar-refractivity contribution is 7.91. The van der Waals surface area contributed by atoms with Gasteiger partial charge in [0.2, 0.25) is 0 Å². The highest BCUT2D eigenvalue weighted by Gasteiger charge is 2.48. The van der Waals surface area contributed by atoms with E-state index in [4.69, 9.17) is 10.5 Å². The molecule has 176 valence electrons. The topological polar surface area (TPSA) is 123 Å². The zero-order valence-electron chi connectivity index (χ0n) is 16.7. The smallest absolute Gasteiger partial charge is 0.379 e. The van der Waals surface area contributed by atoms with Crippen LogP contribution in [0.4, 0.5) is 13.2 Å². The molecule has 0 radical (unpaired) electrons. The number of hydrogen-bond acceptors (Lipinski definition) is 7. The summed E-state index contributed by atoms with van der Waals surface area (Å²) in [4.78, 5) is 3.81. The highest BCUT2D eigenvalue weighted by Crippen LogP contribution is 2.37. The second-order valence-corrected chi connectivity index (χ2v) is 11.6. The number of rotatable bonds is 6. The van der Waals surface area contributed by atoms with Crippen molar-refractivity contribution in [2.75, 3.05) is 45.1 Å². The molecule has 0 bridgehead atoms. The molecule has 0 saturated carbocycles. The van der Waals surface area contributed by atoms with Crippen LogP contribution < -0.4 is 5.73 Å². The predicted molar refractivity (Wildman–Crippen MR) is 105 cm³/mol. The van der Waals surface area contributed by atoms with E-state index in [2.05, 4.69) is 4.98 Å². The number of aromatic nitrogens is 1. The summed E-state index contributed by atoms with van der Waals surface area (Å²) >= 11 is 0. The summed E-state index contributed by atoms with van der Waals surface area (Å²) in [5.41, 5.74) is 6.03. The van der Waals surface area contributed by atoms with Crippen LogP contribution in [0, 0.1) is 11.8 Å². The van der Waals surface area contributed by atoms with Crippen molar-refractivity contribution in [3.63, 3.8) is 0 Å². The number of sulfone groups is 1. The minimum absolute atomic E-state index is 0.0360. The van der Waals surface area contributed by atoms with E-state index >= 15 is 0 Å². The number of nitrogens with two attached hydrogens (primary N) is 1. The van der Waals surface area contributed by atoms with Crippen LogP contribution in [-0.2, 0) is 31.3 Å². The van der Waals surface area contributed by atoms with Crippen LogP contribution in [0.3, 0.4) is 0 Å². The monoisotopic (exact) mass is 486 g/mol. The van der Waals surface area contributed by atoms with E-state index in [-0.39, 0.29) is 44.4 Å². The van der Waals surface area contributed by atoms with Crippen LogP contribution in [0.25, 0.3) is 0 Å². The van der Waals surface area contributed by atoms with Gasteiger partial charge in [-0.3, -0.25) is 0 Å². The molecule has 2 saturated heterocycles. The molecule has 14 heteroatoms. The third-order valence-electron chi connectivity index (χ3n) is 5.40. The first-order valence-corrected chi connectivity index (χ1v) is 12.8. The molecule has 0 spiro atoms. The predicted octanol–water partition coefficient (Wildman–Crippen LogP) is 0.391. The minimum atomic E-state index is -4.65. The zero-order chi connectivity index (χ0) is 22.9. The van der Waals surface area contributed by atoms with Gasteiger partial charge in [-0.25, -0.2) is 13.4 Å². The van der Waals surface area contributed by atoms with Crippen molar-refractivity contribution in [2.45, 2.75) is 24.2 Å². The summed E-state index contributed by atoms with van der Waals surface area (Å²) in [5.74, 6) is -3.64. The zero-order valence-corrected chi connectivity index (χ0v) is 18.3. The van der Waals surface area contributed by atoms with Crippen LogP contribution in [0.2, 0.25) is 0 Å². The average Bonchev–Trinajstić information content (AvgIpc) is 2.73. The van der Waals surface area contributed by atoms with Crippen molar-refractivity contribution in [3.8, 4) is 0 Å². The Morgan fingerprint density at radius 1 is 1.13 bits per heavy atom. The van der Waals surface area contributed by atoms with E-state index in [0.717, 1.165) is 8.61 Å². The Balaban J connectivity index is 1.85. The fraction of sp³-hybridized carbons (Fsp3) is 0.706. The third kappa shape index (κ3) is 5.73. The van der Waals surface area contributed by atoms with E-state index in [1.54, 1.807) is 0 Å². The normalized spacial score (nSPS) is 24.9. The van der Waals surface area contributed by atoms with Crippen LogP contribution >= 0.6 is 0 Å². The molecular formula is C17H25F3N4O5S2. The van der Waals surface area contributed by atoms with Crippen molar-refractivity contribution in [1.82, 2.24) is 13.6 Å². The van der Waals surface area contributed by atoms with Crippen molar-refractivity contribution in [2.24, 2.45) is 17.6 Å². The second kappa shape index (κ2) is 9.27. The summed E-state index contributed by atoms with van der Waals surface area (Å²) in [6.45, 7) is -0.602. The number of piperidine rings is 1. The summed E-state index contributed by atoms with van der Waals surface area (Å²) < 4.78 is 99.0. The summed E-state index contributed by atoms with van der Waals surface area (Å²) in [6, 6.07) is 2.82. The van der Waals surface area contributed by atoms with E-state index in [1.807, 2.05) is 0 Å². The van der Waals surface area contributed by atoms with Gasteiger partial charge >= 0.3 is 6.18 Å². The van der Waals surface area contributed by atoms with Gasteiger partial charge in [0.15, 0.2) is 14.9 Å². The molecule has 2 aliphatic heterocycles. The number of pyridine rings is 1. The number of alkyl halides is 3. The Labute approximate surface area is 179 Å². The molecule has 3 heterocycles. The van der Waals surface area contributed by atoms with Crippen molar-refractivity contribution >= 4 is 20.0 Å². The molecule has 2 fully saturated rings. The van der Waals surface area contributed by atoms with Gasteiger partial charge in [-0.15, -0.1) is 0 Å². The molecule has 3 rings (SSSR count). The molecule has 31 heavy (non-hydrogen) atoms. The van der Waals surface area contributed by atoms with Crippen LogP contribution in [0.15, 0.2) is 23.4 Å². The van der Waals surface area contributed by atoms with Gasteiger partial charge in [0.25, 0.3) is 10.2 Å². The van der Waals surface area contributed by atoms with Gasteiger partial charge in [0.05, 0.1) is 24.9 Å². The summed E-state index contributed by atoms with van der Waals surface area (Å²) in [7, 11) is -8.23. The molecule has 1 unspecified atom stereocenters. The molecule has 9 nitrogen and oxygen atoms in total. The van der Waals surface area contributed by atoms with Crippen molar-refractivity contribution < 1.29 is 34.7 Å². The molecule has 0 aromatic carbocycles. The summed E-state index contributed by atoms with van der Waals surface area (Å²) in [5, 5.41) is -0.285. The Bertz CT molecular complexity index is 982. The maximum absolute atomic E-state index is 13.5. The van der Waals surface area contributed by atoms with Crippen molar-refractivity contribution in [1.29, 1.82) is 0 Å². The van der Waals surface area contributed by atoms with Gasteiger partial charge in [-0.1, -0.05) is 0 Å². The Kier molecular flexibility index (Phi) is 7.28. The quantitative estimate of drug-likeness (QED) is 0.617. The summed E-state index contributed by atoms with van der Waals surface area (Å²) in [6.07, 6.45) is -3.86. The van der Waals surface area contributed by atoms with Gasteiger partial charge in [-0.05, 0) is 30.0 Å². The lowest BCUT2D eigenvalue weighted by Gasteiger charge is -2.40. The molecule has 2 aliphatic rings. The van der Waals surface area contributed by atoms with Crippen LogP contribution in [0.1, 0.15) is 12.0 Å². The fourth-order valence-electron chi connectivity index (χ4n) is 3.79. The fourth-order valence-corrected chi connectivity index (χ4v) is 7.08. The molecule has 2 atom stereocenters. The van der Waals surface area contributed by atoms with Gasteiger partial charge in [0, 0.05) is 38.9 Å². The Morgan fingerprint density at radius 2 is 1.81 bits per heavy atom. The average molecular weight is 487 g/mol. The van der Waals surface area contributed by atoms with Crippen LogP contribution in [0.5, 0.6) is 0 Å². The van der Waals surface area contributed by atoms with Crippen LogP contribution in [-0.4, -0.2) is 81.8 Å². The van der Waals surface area contributed by atoms with E-state index in [9.17, 15) is 30.0 Å². The molecule has 0 aliphatic carbocycles. The number of ether oxygens (including phenoxy) is 1. The number of hydrogen-bond donors (Lipinski definition) is 1. The van der Waals surface area contributed by atoms with Gasteiger partial charge < -0.3 is 10.5 Å². The Morgan fingerprint density at radius 3 is 2.42 bits per heavy atom. The number of morpholine rings is 1. The van der Waals surface area contributed by atoms with E-state index in [0.29, 0.717) is 5.56 Å². The minimum Gasteiger partial charge on any atom is -0.379 e. The number of nitrogens with zero attached hydrogens (tertiary/aromatic N) is 3. The van der Waals surface area contributed by atoms with Gasteiger partial charge in [-0.2, -0.15) is 30.2 Å². The lowest BCUT2D eigenvalue weighted by molar-refractivity contribution is -0.186. The first-order chi connectivity index (χ1) is 14.4. The molecule has 1 aromatic heterocycles. The maximum atomic E-state index is 13.5. The largest absolute Gasteiger partial charge is 0.393 e. The van der Waals surface area contributed by atoms with E-state index < -0.39 is 56.8 Å². The molecule has 2 N–H and O–H groups in total. The SMILES string of the molecule is NCc1ccnc(S(=O)(=O)C[C@@H]2CC(C(F)(F)F)CN(S(=O)(=O)N3CCOCC3)C2)c1. The number of halogens is 3. The third-order valence-corrected chi connectivity index (χ3v) is 9.14. The lowest BCUT2D eigenvalue weighted by Crippen LogP contribution is -2.55. The molecule has 1 aromatic rings. The lowest BCUT2D eigenvalue weighted by atomic mass is 9.91. The Hall–Kier alpha value is -1.32. The second-order valence-electron chi connectivity index (χ2n) is 7.66. The molecule has 0 amide bonds. The first-order valence-electron chi connectivity index (χ1n) is 9.71. The molecular weight excluding hydrogens is 461 g/mol. The standard InChI is InChI=1S/C17H25F3N4O5S2/c18-17(19,20)15-7-14(12-30(25,26)16-8-13(9-21)1-2-22-16)10-24(11-15)31(27,28)23-3-5-29-6-4-23/h1-2,8,14-15H,3-7,9-12,21H2/t14-,15?/m1/s1.